The van der Waals surface area contributed by atoms with Gasteiger partial charge in [0.05, 0.1) is 0 Å². The van der Waals surface area contributed by atoms with E-state index in [1.165, 1.54) is 5.01 Å². The number of nitrogens with zero attached hydrogens (tertiary/aromatic N) is 3. The van der Waals surface area contributed by atoms with Crippen LogP contribution < -0.4 is 0 Å². The zero-order chi connectivity index (χ0) is 9.14. The van der Waals surface area contributed by atoms with Crippen LogP contribution in [0.4, 0.5) is 4.39 Å². The van der Waals surface area contributed by atoms with Crippen LogP contribution in [0.3, 0.4) is 0 Å². The van der Waals surface area contributed by atoms with E-state index in [1.54, 1.807) is 11.2 Å². The van der Waals surface area contributed by atoms with E-state index in [0.29, 0.717) is 12.5 Å². The van der Waals surface area contributed by atoms with Crippen molar-refractivity contribution in [1.82, 2.24) is 9.91 Å². The van der Waals surface area contributed by atoms with Gasteiger partial charge in [0.15, 0.2) is 0 Å². The zero-order valence-electron chi connectivity index (χ0n) is 7.87. The van der Waals surface area contributed by atoms with Crippen LogP contribution >= 0.6 is 0 Å². The van der Waals surface area contributed by atoms with E-state index >= 15 is 0 Å². The Bertz CT molecular complexity index is 170. The highest BCUT2D eigenvalue weighted by Crippen LogP contribution is 2.14. The van der Waals surface area contributed by atoms with Crippen LogP contribution in [0.5, 0.6) is 0 Å². The highest BCUT2D eigenvalue weighted by Gasteiger charge is 2.25. The quantitative estimate of drug-likeness (QED) is 0.602. The van der Waals surface area contributed by atoms with E-state index in [4.69, 9.17) is 0 Å². The highest BCUT2D eigenvalue weighted by molar-refractivity contribution is 5.56. The van der Waals surface area contributed by atoms with Crippen molar-refractivity contribution in [3.63, 3.8) is 0 Å². The molecule has 0 aromatic heterocycles. The molecule has 0 N–H and O–H groups in total. The molecule has 0 radical (unpaired) electrons. The van der Waals surface area contributed by atoms with Crippen molar-refractivity contribution >= 4 is 6.34 Å². The molecule has 0 spiro atoms. The van der Waals surface area contributed by atoms with Crippen molar-refractivity contribution in [2.45, 2.75) is 27.2 Å². The molecule has 0 aliphatic carbocycles. The third kappa shape index (κ3) is 1.87. The molecule has 3 nitrogen and oxygen atoms in total. The molecule has 1 aliphatic rings. The molecule has 0 bridgehead atoms. The van der Waals surface area contributed by atoms with Crippen molar-refractivity contribution in [3.05, 3.63) is 0 Å². The third-order valence-corrected chi connectivity index (χ3v) is 1.77. The first-order valence-electron chi connectivity index (χ1n) is 4.35. The van der Waals surface area contributed by atoms with Gasteiger partial charge in [-0.15, -0.1) is 0 Å². The van der Waals surface area contributed by atoms with Crippen LogP contribution in [0.15, 0.2) is 5.10 Å². The van der Waals surface area contributed by atoms with Gasteiger partial charge in [-0.05, 0) is 12.8 Å². The molecule has 1 heterocycles. The average Bonchev–Trinajstić information content (AvgIpc) is 2.32. The summed E-state index contributed by atoms with van der Waals surface area (Å²) >= 11 is 0. The van der Waals surface area contributed by atoms with Crippen LogP contribution in [0, 0.1) is 5.92 Å². The summed E-state index contributed by atoms with van der Waals surface area (Å²) in [5.74, 6) is 0.464. The lowest BCUT2D eigenvalue weighted by molar-refractivity contribution is 0.0145. The van der Waals surface area contributed by atoms with Crippen LogP contribution in [-0.4, -0.2) is 35.8 Å². The molecule has 12 heavy (non-hydrogen) atoms. The molecule has 0 saturated heterocycles. The van der Waals surface area contributed by atoms with Crippen LogP contribution in [0.1, 0.15) is 20.8 Å². The first-order chi connectivity index (χ1) is 5.65. The Kier molecular flexibility index (Phi) is 2.89. The fourth-order valence-corrected chi connectivity index (χ4v) is 1.20. The molecule has 1 atom stereocenters. The van der Waals surface area contributed by atoms with Crippen molar-refractivity contribution < 1.29 is 4.39 Å². The lowest BCUT2D eigenvalue weighted by Crippen LogP contribution is -2.37. The van der Waals surface area contributed by atoms with Gasteiger partial charge < -0.3 is 4.90 Å². The summed E-state index contributed by atoms with van der Waals surface area (Å²) in [5, 5.41) is 5.36. The Morgan fingerprint density at radius 3 is 2.67 bits per heavy atom. The number of halogens is 1. The molecule has 0 saturated carbocycles. The van der Waals surface area contributed by atoms with Gasteiger partial charge in [0.25, 0.3) is 6.42 Å². The Morgan fingerprint density at radius 1 is 1.58 bits per heavy atom. The summed E-state index contributed by atoms with van der Waals surface area (Å²) in [5.41, 5.74) is 0. The van der Waals surface area contributed by atoms with Gasteiger partial charge in [-0.1, -0.05) is 13.8 Å². The van der Waals surface area contributed by atoms with E-state index < -0.39 is 6.42 Å². The van der Waals surface area contributed by atoms with Crippen LogP contribution in [-0.2, 0) is 0 Å². The average molecular weight is 173 g/mol. The molecule has 0 fully saturated rings. The van der Waals surface area contributed by atoms with E-state index in [2.05, 4.69) is 18.9 Å². The van der Waals surface area contributed by atoms with E-state index in [9.17, 15) is 4.39 Å². The summed E-state index contributed by atoms with van der Waals surface area (Å²) in [6.07, 6.45) is 0.520. The maximum absolute atomic E-state index is 13.3. The van der Waals surface area contributed by atoms with E-state index in [-0.39, 0.29) is 0 Å². The van der Waals surface area contributed by atoms with E-state index in [1.807, 2.05) is 6.92 Å². The van der Waals surface area contributed by atoms with Gasteiger partial charge in [0, 0.05) is 13.1 Å². The summed E-state index contributed by atoms with van der Waals surface area (Å²) in [7, 11) is 0. The van der Waals surface area contributed by atoms with Gasteiger partial charge in [0.1, 0.15) is 6.34 Å². The standard InChI is InChI=1S/C8H16FN3/c1-4-12-8(9)11(6-10-12)5-7(2)3/h6-8H,4-5H2,1-3H3. The summed E-state index contributed by atoms with van der Waals surface area (Å²) < 4.78 is 13.3. The molecule has 0 amide bonds. The minimum absolute atomic E-state index is 0.464. The third-order valence-electron chi connectivity index (χ3n) is 1.77. The molecular formula is C8H16FN3. The van der Waals surface area contributed by atoms with E-state index in [0.717, 1.165) is 6.54 Å². The summed E-state index contributed by atoms with van der Waals surface area (Å²) in [6.45, 7) is 7.36. The monoisotopic (exact) mass is 173 g/mol. The largest absolute Gasteiger partial charge is 0.313 e. The van der Waals surface area contributed by atoms with Crippen LogP contribution in [0.2, 0.25) is 0 Å². The van der Waals surface area contributed by atoms with Crippen molar-refractivity contribution in [3.8, 4) is 0 Å². The van der Waals surface area contributed by atoms with Crippen LogP contribution in [0.25, 0.3) is 0 Å². The predicted molar refractivity (Wildman–Crippen MR) is 47.3 cm³/mol. The van der Waals surface area contributed by atoms with Gasteiger partial charge >= 0.3 is 0 Å². The summed E-state index contributed by atoms with van der Waals surface area (Å²) in [6, 6.07) is 0. The lowest BCUT2D eigenvalue weighted by Gasteiger charge is -2.23. The molecule has 4 heteroatoms. The van der Waals surface area contributed by atoms with Gasteiger partial charge in [-0.3, -0.25) is 0 Å². The van der Waals surface area contributed by atoms with Gasteiger partial charge in [0.2, 0.25) is 0 Å². The SMILES string of the molecule is CCN1N=CN(CC(C)C)C1F. The Morgan fingerprint density at radius 2 is 2.25 bits per heavy atom. The minimum Gasteiger partial charge on any atom is -0.313 e. The topological polar surface area (TPSA) is 18.8 Å². The number of hydrazone groups is 1. The first-order valence-corrected chi connectivity index (χ1v) is 4.35. The number of hydrogen-bond donors (Lipinski definition) is 0. The minimum atomic E-state index is -1.06. The van der Waals surface area contributed by atoms with Gasteiger partial charge in [-0.25, -0.2) is 5.01 Å². The second-order valence-corrected chi connectivity index (χ2v) is 3.39. The zero-order valence-corrected chi connectivity index (χ0v) is 7.87. The Balaban J connectivity index is 2.44. The molecular weight excluding hydrogens is 157 g/mol. The van der Waals surface area contributed by atoms with Crippen molar-refractivity contribution in [1.29, 1.82) is 0 Å². The molecule has 0 aromatic carbocycles. The lowest BCUT2D eigenvalue weighted by atomic mass is 10.2. The first kappa shape index (κ1) is 9.29. The maximum atomic E-state index is 13.3. The molecule has 1 unspecified atom stereocenters. The Labute approximate surface area is 72.8 Å². The molecule has 1 rings (SSSR count). The molecule has 0 aromatic rings. The fraction of sp³-hybridized carbons (Fsp3) is 0.875. The normalized spacial score (nSPS) is 22.9. The second kappa shape index (κ2) is 3.74. The molecule has 1 aliphatic heterocycles. The van der Waals surface area contributed by atoms with Crippen molar-refractivity contribution in [2.75, 3.05) is 13.1 Å². The number of hydrogen-bond acceptors (Lipinski definition) is 3. The maximum Gasteiger partial charge on any atom is 0.265 e. The predicted octanol–water partition coefficient (Wildman–Crippen LogP) is 1.48. The van der Waals surface area contributed by atoms with Gasteiger partial charge in [-0.2, -0.15) is 9.49 Å². The number of alkyl halides is 1. The smallest absolute Gasteiger partial charge is 0.265 e. The fourth-order valence-electron chi connectivity index (χ4n) is 1.20. The highest BCUT2D eigenvalue weighted by atomic mass is 19.1. The number of rotatable bonds is 3. The Hall–Kier alpha value is -0.800. The molecule has 70 valence electrons. The summed E-state index contributed by atoms with van der Waals surface area (Å²) in [4.78, 5) is 1.62. The van der Waals surface area contributed by atoms with Crippen molar-refractivity contribution in [2.24, 2.45) is 11.0 Å². The second-order valence-electron chi connectivity index (χ2n) is 3.39.